The highest BCUT2D eigenvalue weighted by Gasteiger charge is 2.42. The third-order valence-electron chi connectivity index (χ3n) is 4.67. The van der Waals surface area contributed by atoms with Crippen molar-refractivity contribution in [3.63, 3.8) is 0 Å². The lowest BCUT2D eigenvalue weighted by atomic mass is 9.91. The van der Waals surface area contributed by atoms with E-state index in [1.165, 1.54) is 12.3 Å². The number of fused-ring (bicyclic) bond motifs is 1. The molecule has 24 heavy (non-hydrogen) atoms. The molecule has 3 N–H and O–H groups in total. The van der Waals surface area contributed by atoms with Crippen LogP contribution in [-0.4, -0.2) is 51.6 Å². The number of hydrogen-bond acceptors (Lipinski definition) is 6. The first-order valence-corrected chi connectivity index (χ1v) is 10.2. The van der Waals surface area contributed by atoms with Gasteiger partial charge in [-0.2, -0.15) is 0 Å². The number of hydrogen-bond donors (Lipinski definition) is 2. The van der Waals surface area contributed by atoms with Gasteiger partial charge in [0.1, 0.15) is 27.2 Å². The second-order valence-electron chi connectivity index (χ2n) is 6.50. The van der Waals surface area contributed by atoms with Crippen LogP contribution in [-0.2, 0) is 9.84 Å². The Balaban J connectivity index is 1.98. The van der Waals surface area contributed by atoms with Gasteiger partial charge in [-0.3, -0.25) is 0 Å². The van der Waals surface area contributed by atoms with Crippen LogP contribution >= 0.6 is 0 Å². The molecule has 6 nitrogen and oxygen atoms in total. The zero-order chi connectivity index (χ0) is 17.4. The van der Waals surface area contributed by atoms with E-state index >= 15 is 0 Å². The third kappa shape index (κ3) is 3.25. The molecule has 0 atom stereocenters. The van der Waals surface area contributed by atoms with Gasteiger partial charge in [0.05, 0.1) is 17.0 Å². The number of rotatable bonds is 4. The van der Waals surface area contributed by atoms with Crippen LogP contribution in [0.15, 0.2) is 23.2 Å². The SMILES string of the molecule is CS(=O)(=O)CCCN1c2cccc(F)c2C(N)=NC12CCNCC2. The van der Waals surface area contributed by atoms with Crippen molar-refractivity contribution >= 4 is 21.4 Å². The van der Waals surface area contributed by atoms with Crippen LogP contribution in [0.4, 0.5) is 10.1 Å². The van der Waals surface area contributed by atoms with E-state index in [1.807, 2.05) is 11.0 Å². The third-order valence-corrected chi connectivity index (χ3v) is 5.70. The molecule has 1 spiro atoms. The van der Waals surface area contributed by atoms with Crippen LogP contribution in [0.3, 0.4) is 0 Å². The molecule has 8 heteroatoms. The number of piperidine rings is 1. The Bertz CT molecular complexity index is 757. The molecule has 2 aliphatic rings. The van der Waals surface area contributed by atoms with Crippen molar-refractivity contribution < 1.29 is 12.8 Å². The smallest absolute Gasteiger partial charge is 0.147 e. The van der Waals surface area contributed by atoms with E-state index in [4.69, 9.17) is 5.73 Å². The van der Waals surface area contributed by atoms with Crippen molar-refractivity contribution in [2.75, 3.05) is 36.5 Å². The maximum Gasteiger partial charge on any atom is 0.147 e. The van der Waals surface area contributed by atoms with Gasteiger partial charge in [0, 0.05) is 25.6 Å². The predicted molar refractivity (Wildman–Crippen MR) is 93.6 cm³/mol. The molecule has 0 aliphatic carbocycles. The van der Waals surface area contributed by atoms with Crippen molar-refractivity contribution in [3.8, 4) is 0 Å². The van der Waals surface area contributed by atoms with E-state index in [-0.39, 0.29) is 11.6 Å². The van der Waals surface area contributed by atoms with Gasteiger partial charge >= 0.3 is 0 Å². The maximum atomic E-state index is 14.3. The normalized spacial score (nSPS) is 19.9. The van der Waals surface area contributed by atoms with Crippen molar-refractivity contribution in [1.82, 2.24) is 5.32 Å². The molecule has 1 fully saturated rings. The van der Waals surface area contributed by atoms with Crippen LogP contribution in [0.25, 0.3) is 0 Å². The molecule has 2 aliphatic heterocycles. The summed E-state index contributed by atoms with van der Waals surface area (Å²) in [6, 6.07) is 4.87. The van der Waals surface area contributed by atoms with E-state index in [9.17, 15) is 12.8 Å². The average Bonchev–Trinajstić information content (AvgIpc) is 2.50. The van der Waals surface area contributed by atoms with Crippen LogP contribution < -0.4 is 16.0 Å². The van der Waals surface area contributed by atoms with E-state index < -0.39 is 21.3 Å². The molecule has 0 radical (unpaired) electrons. The summed E-state index contributed by atoms with van der Waals surface area (Å²) >= 11 is 0. The average molecular weight is 354 g/mol. The minimum Gasteiger partial charge on any atom is -0.383 e. The first kappa shape index (κ1) is 17.2. The van der Waals surface area contributed by atoms with Gasteiger partial charge in [0.25, 0.3) is 0 Å². The van der Waals surface area contributed by atoms with Crippen molar-refractivity contribution in [2.45, 2.75) is 24.9 Å². The van der Waals surface area contributed by atoms with Crippen LogP contribution in [0, 0.1) is 5.82 Å². The summed E-state index contributed by atoms with van der Waals surface area (Å²) in [6.07, 6.45) is 3.21. The standard InChI is InChI=1S/C16H23FN4O2S/c1-24(22,23)11-3-10-21-13-5-2-4-12(17)14(13)15(18)20-16(21)6-8-19-9-7-16/h2,4-5,19H,3,6-11H2,1H3,(H2,18,20). The van der Waals surface area contributed by atoms with Gasteiger partial charge in [-0.15, -0.1) is 0 Å². The van der Waals surface area contributed by atoms with E-state index in [0.29, 0.717) is 24.2 Å². The number of anilines is 1. The molecule has 0 aromatic heterocycles. The number of nitrogens with two attached hydrogens (primary N) is 1. The molecule has 3 rings (SSSR count). The number of nitrogens with zero attached hydrogens (tertiary/aromatic N) is 2. The highest BCUT2D eigenvalue weighted by molar-refractivity contribution is 7.90. The second-order valence-corrected chi connectivity index (χ2v) is 8.76. The van der Waals surface area contributed by atoms with E-state index in [0.717, 1.165) is 25.9 Å². The summed E-state index contributed by atoms with van der Waals surface area (Å²) in [5.74, 6) is -0.0724. The molecule has 1 aromatic carbocycles. The number of aliphatic imine (C=N–C) groups is 1. The van der Waals surface area contributed by atoms with Crippen LogP contribution in [0.5, 0.6) is 0 Å². The fourth-order valence-electron chi connectivity index (χ4n) is 3.58. The van der Waals surface area contributed by atoms with Crippen molar-refractivity contribution in [2.24, 2.45) is 10.7 Å². The molecule has 0 saturated carbocycles. The molecule has 0 unspecified atom stereocenters. The Hall–Kier alpha value is -1.67. The Labute approximate surface area is 141 Å². The van der Waals surface area contributed by atoms with E-state index in [1.54, 1.807) is 6.07 Å². The van der Waals surface area contributed by atoms with Gasteiger partial charge in [-0.25, -0.2) is 17.8 Å². The zero-order valence-corrected chi connectivity index (χ0v) is 14.6. The lowest BCUT2D eigenvalue weighted by Gasteiger charge is -2.48. The van der Waals surface area contributed by atoms with Gasteiger partial charge in [0.15, 0.2) is 0 Å². The lowest BCUT2D eigenvalue weighted by molar-refractivity contribution is 0.294. The summed E-state index contributed by atoms with van der Waals surface area (Å²) in [7, 11) is -3.04. The molecule has 132 valence electrons. The highest BCUT2D eigenvalue weighted by Crippen LogP contribution is 2.39. The summed E-state index contributed by atoms with van der Waals surface area (Å²) in [6.45, 7) is 2.09. The van der Waals surface area contributed by atoms with Crippen molar-refractivity contribution in [3.05, 3.63) is 29.6 Å². The summed E-state index contributed by atoms with van der Waals surface area (Å²) < 4.78 is 37.2. The number of sulfone groups is 1. The Morgan fingerprint density at radius 3 is 2.75 bits per heavy atom. The summed E-state index contributed by atoms with van der Waals surface area (Å²) in [5, 5.41) is 3.30. The van der Waals surface area contributed by atoms with Crippen LogP contribution in [0.2, 0.25) is 0 Å². The molecule has 1 aromatic rings. The minimum absolute atomic E-state index is 0.0989. The Morgan fingerprint density at radius 2 is 2.08 bits per heavy atom. The largest absolute Gasteiger partial charge is 0.383 e. The summed E-state index contributed by atoms with van der Waals surface area (Å²) in [5.41, 5.74) is 6.59. The fraction of sp³-hybridized carbons (Fsp3) is 0.562. The first-order valence-electron chi connectivity index (χ1n) is 8.13. The number of nitrogens with one attached hydrogen (secondary N) is 1. The van der Waals surface area contributed by atoms with Crippen molar-refractivity contribution in [1.29, 1.82) is 0 Å². The lowest BCUT2D eigenvalue weighted by Crippen LogP contribution is -2.57. The Kier molecular flexibility index (Phi) is 4.52. The quantitative estimate of drug-likeness (QED) is 0.838. The number of halogens is 1. The summed E-state index contributed by atoms with van der Waals surface area (Å²) in [4.78, 5) is 6.71. The van der Waals surface area contributed by atoms with Gasteiger partial charge < -0.3 is 16.0 Å². The molecule has 2 heterocycles. The first-order chi connectivity index (χ1) is 11.3. The van der Waals surface area contributed by atoms with Gasteiger partial charge in [-0.1, -0.05) is 6.07 Å². The molecule has 0 amide bonds. The molecular formula is C16H23FN4O2S. The van der Waals surface area contributed by atoms with Gasteiger partial charge in [0.2, 0.25) is 0 Å². The molecule has 0 bridgehead atoms. The monoisotopic (exact) mass is 354 g/mol. The number of amidine groups is 1. The second kappa shape index (κ2) is 6.33. The zero-order valence-electron chi connectivity index (χ0n) is 13.8. The Morgan fingerprint density at radius 1 is 1.38 bits per heavy atom. The topological polar surface area (TPSA) is 87.8 Å². The molecular weight excluding hydrogens is 331 g/mol. The van der Waals surface area contributed by atoms with E-state index in [2.05, 4.69) is 10.3 Å². The fourth-order valence-corrected chi connectivity index (χ4v) is 4.23. The van der Waals surface area contributed by atoms with Crippen LogP contribution in [0.1, 0.15) is 24.8 Å². The number of benzene rings is 1. The highest BCUT2D eigenvalue weighted by atomic mass is 32.2. The van der Waals surface area contributed by atoms with Gasteiger partial charge in [-0.05, 0) is 31.6 Å². The predicted octanol–water partition coefficient (Wildman–Crippen LogP) is 0.865. The molecule has 1 saturated heterocycles. The maximum absolute atomic E-state index is 14.3. The minimum atomic E-state index is -3.04.